The molecule has 2 aromatic heterocycles. The standard InChI is InChI=1S/C21H17FN2OS/c1-12-6-13-7-16(17(22)8-21(13)26-12)20(25)9-18-14-4-2-3-5-15(14)19-10-23-11-24(18)19/h2-8,10-11,18,20,25H,9H2,1H3. The molecule has 26 heavy (non-hydrogen) atoms. The first-order chi connectivity index (χ1) is 12.6. The highest BCUT2D eigenvalue weighted by atomic mass is 32.1. The fourth-order valence-electron chi connectivity index (χ4n) is 3.98. The molecule has 130 valence electrons. The molecule has 3 heterocycles. The molecule has 2 aromatic carbocycles. The van der Waals surface area contributed by atoms with Crippen molar-refractivity contribution in [3.8, 4) is 11.3 Å². The molecule has 2 unspecified atom stereocenters. The second-order valence-corrected chi connectivity index (χ2v) is 8.10. The number of fused-ring (bicyclic) bond motifs is 4. The SMILES string of the molecule is Cc1cc2cc(C(O)CC3c4ccccc4-c4cncn43)c(F)cc2s1. The molecule has 0 aliphatic carbocycles. The maximum Gasteiger partial charge on any atom is 0.130 e. The molecule has 1 aliphatic rings. The minimum Gasteiger partial charge on any atom is -0.388 e. The molecular weight excluding hydrogens is 347 g/mol. The molecule has 2 atom stereocenters. The van der Waals surface area contributed by atoms with Gasteiger partial charge in [-0.1, -0.05) is 24.3 Å². The first-order valence-corrected chi connectivity index (χ1v) is 9.42. The Labute approximate surface area is 154 Å². The van der Waals surface area contributed by atoms with Crippen LogP contribution in [0.1, 0.15) is 34.6 Å². The van der Waals surface area contributed by atoms with E-state index >= 15 is 0 Å². The molecule has 0 bridgehead atoms. The lowest BCUT2D eigenvalue weighted by atomic mass is 9.95. The molecule has 1 N–H and O–H groups in total. The van der Waals surface area contributed by atoms with Gasteiger partial charge < -0.3 is 9.67 Å². The van der Waals surface area contributed by atoms with Gasteiger partial charge in [0.25, 0.3) is 0 Å². The van der Waals surface area contributed by atoms with E-state index in [9.17, 15) is 9.50 Å². The Kier molecular flexibility index (Phi) is 3.48. The zero-order chi connectivity index (χ0) is 17.8. The zero-order valence-electron chi connectivity index (χ0n) is 14.2. The molecule has 4 aromatic rings. The number of aromatic nitrogens is 2. The second-order valence-electron chi connectivity index (χ2n) is 6.81. The summed E-state index contributed by atoms with van der Waals surface area (Å²) < 4.78 is 17.6. The van der Waals surface area contributed by atoms with Crippen LogP contribution in [0.5, 0.6) is 0 Å². The summed E-state index contributed by atoms with van der Waals surface area (Å²) in [5, 5.41) is 11.8. The van der Waals surface area contributed by atoms with Crippen molar-refractivity contribution in [2.45, 2.75) is 25.5 Å². The quantitative estimate of drug-likeness (QED) is 0.540. The first-order valence-electron chi connectivity index (χ1n) is 8.60. The number of imidazole rings is 1. The van der Waals surface area contributed by atoms with Crippen molar-refractivity contribution >= 4 is 21.4 Å². The van der Waals surface area contributed by atoms with Crippen LogP contribution < -0.4 is 0 Å². The van der Waals surface area contributed by atoms with Gasteiger partial charge in [-0.05, 0) is 36.1 Å². The van der Waals surface area contributed by atoms with E-state index in [1.807, 2.05) is 31.3 Å². The van der Waals surface area contributed by atoms with Crippen LogP contribution >= 0.6 is 11.3 Å². The summed E-state index contributed by atoms with van der Waals surface area (Å²) in [5.74, 6) is -0.344. The maximum absolute atomic E-state index is 14.6. The molecule has 0 saturated heterocycles. The number of thiophene rings is 1. The Bertz CT molecular complexity index is 1130. The summed E-state index contributed by atoms with van der Waals surface area (Å²) in [6.07, 6.45) is 3.15. The highest BCUT2D eigenvalue weighted by Gasteiger charge is 2.30. The summed E-state index contributed by atoms with van der Waals surface area (Å²) in [5.41, 5.74) is 3.69. The smallest absolute Gasteiger partial charge is 0.130 e. The molecule has 3 nitrogen and oxygen atoms in total. The number of aliphatic hydroxyl groups excluding tert-OH is 1. The molecule has 0 spiro atoms. The van der Waals surface area contributed by atoms with Crippen LogP contribution in [-0.4, -0.2) is 14.7 Å². The summed E-state index contributed by atoms with van der Waals surface area (Å²) in [7, 11) is 0. The highest BCUT2D eigenvalue weighted by molar-refractivity contribution is 7.19. The van der Waals surface area contributed by atoms with Crippen LogP contribution in [0.2, 0.25) is 0 Å². The van der Waals surface area contributed by atoms with E-state index in [0.717, 1.165) is 31.8 Å². The van der Waals surface area contributed by atoms with E-state index in [1.54, 1.807) is 23.7 Å². The van der Waals surface area contributed by atoms with Crippen molar-refractivity contribution in [2.24, 2.45) is 0 Å². The van der Waals surface area contributed by atoms with Crippen LogP contribution in [-0.2, 0) is 0 Å². The third kappa shape index (κ3) is 2.31. The third-order valence-electron chi connectivity index (χ3n) is 5.16. The normalized spacial score (nSPS) is 16.7. The van der Waals surface area contributed by atoms with Gasteiger partial charge in [0.2, 0.25) is 0 Å². The molecule has 5 heteroatoms. The molecule has 0 radical (unpaired) electrons. The highest BCUT2D eigenvalue weighted by Crippen LogP contribution is 2.43. The fraction of sp³-hybridized carbons (Fsp3) is 0.190. The van der Waals surface area contributed by atoms with Crippen molar-refractivity contribution in [2.75, 3.05) is 0 Å². The third-order valence-corrected chi connectivity index (χ3v) is 6.18. The van der Waals surface area contributed by atoms with Crippen LogP contribution in [0.3, 0.4) is 0 Å². The molecule has 5 rings (SSSR count). The second kappa shape index (κ2) is 5.76. The Balaban J connectivity index is 1.53. The average molecular weight is 364 g/mol. The van der Waals surface area contributed by atoms with Crippen molar-refractivity contribution in [3.63, 3.8) is 0 Å². The monoisotopic (exact) mass is 364 g/mol. The minimum absolute atomic E-state index is 0.0435. The lowest BCUT2D eigenvalue weighted by Gasteiger charge is -2.20. The van der Waals surface area contributed by atoms with Gasteiger partial charge in [-0.3, -0.25) is 0 Å². The molecule has 0 fully saturated rings. The van der Waals surface area contributed by atoms with Gasteiger partial charge >= 0.3 is 0 Å². The first kappa shape index (κ1) is 15.7. The van der Waals surface area contributed by atoms with Crippen molar-refractivity contribution in [1.29, 1.82) is 0 Å². The zero-order valence-corrected chi connectivity index (χ0v) is 15.0. The van der Waals surface area contributed by atoms with Gasteiger partial charge in [0.1, 0.15) is 5.82 Å². The number of hydrogen-bond acceptors (Lipinski definition) is 3. The van der Waals surface area contributed by atoms with Gasteiger partial charge in [0.15, 0.2) is 0 Å². The van der Waals surface area contributed by atoms with E-state index in [1.165, 1.54) is 6.07 Å². The van der Waals surface area contributed by atoms with Crippen molar-refractivity contribution in [3.05, 3.63) is 76.8 Å². The van der Waals surface area contributed by atoms with Crippen LogP contribution in [0.25, 0.3) is 21.3 Å². The number of benzene rings is 2. The topological polar surface area (TPSA) is 38.1 Å². The number of hydrogen-bond donors (Lipinski definition) is 1. The molecule has 1 aliphatic heterocycles. The number of nitrogens with zero attached hydrogens (tertiary/aromatic N) is 2. The van der Waals surface area contributed by atoms with E-state index in [0.29, 0.717) is 12.0 Å². The van der Waals surface area contributed by atoms with Crippen LogP contribution in [0, 0.1) is 12.7 Å². The predicted molar refractivity (Wildman–Crippen MR) is 102 cm³/mol. The van der Waals surface area contributed by atoms with Crippen LogP contribution in [0.15, 0.2) is 55.0 Å². The number of halogens is 1. The Morgan fingerprint density at radius 3 is 3.00 bits per heavy atom. The van der Waals surface area contributed by atoms with Crippen LogP contribution in [0.4, 0.5) is 4.39 Å². The van der Waals surface area contributed by atoms with Gasteiger partial charge in [-0.25, -0.2) is 9.37 Å². The summed E-state index contributed by atoms with van der Waals surface area (Å²) in [6, 6.07) is 13.5. The lowest BCUT2D eigenvalue weighted by Crippen LogP contribution is -2.11. The summed E-state index contributed by atoms with van der Waals surface area (Å²) in [6.45, 7) is 2.01. The van der Waals surface area contributed by atoms with Gasteiger partial charge in [0.05, 0.1) is 30.4 Å². The van der Waals surface area contributed by atoms with E-state index in [4.69, 9.17) is 0 Å². The largest absolute Gasteiger partial charge is 0.388 e. The number of aliphatic hydroxyl groups is 1. The number of rotatable bonds is 3. The minimum atomic E-state index is -0.883. The van der Waals surface area contributed by atoms with E-state index in [2.05, 4.69) is 21.7 Å². The molecule has 0 amide bonds. The van der Waals surface area contributed by atoms with E-state index in [-0.39, 0.29) is 11.9 Å². The Morgan fingerprint density at radius 1 is 1.27 bits per heavy atom. The molecule has 0 saturated carbocycles. The lowest BCUT2D eigenvalue weighted by molar-refractivity contribution is 0.149. The van der Waals surface area contributed by atoms with Gasteiger partial charge in [-0.2, -0.15) is 0 Å². The van der Waals surface area contributed by atoms with E-state index < -0.39 is 6.10 Å². The Morgan fingerprint density at radius 2 is 2.12 bits per heavy atom. The van der Waals surface area contributed by atoms with Crippen molar-refractivity contribution < 1.29 is 9.50 Å². The van der Waals surface area contributed by atoms with Gasteiger partial charge in [0, 0.05) is 27.1 Å². The Hall–Kier alpha value is -2.50. The van der Waals surface area contributed by atoms with Gasteiger partial charge in [-0.15, -0.1) is 11.3 Å². The average Bonchev–Trinajstić information content (AvgIpc) is 3.29. The van der Waals surface area contributed by atoms with Crippen molar-refractivity contribution in [1.82, 2.24) is 9.55 Å². The summed E-state index contributed by atoms with van der Waals surface area (Å²) >= 11 is 1.57. The fourth-order valence-corrected chi connectivity index (χ4v) is 4.91. The maximum atomic E-state index is 14.6. The summed E-state index contributed by atoms with van der Waals surface area (Å²) in [4.78, 5) is 5.38. The number of aryl methyl sites for hydroxylation is 1. The predicted octanol–water partition coefficient (Wildman–Crippen LogP) is 5.24. The molecular formula is C21H17FN2OS.